The van der Waals surface area contributed by atoms with Crippen molar-refractivity contribution in [3.63, 3.8) is 0 Å². The summed E-state index contributed by atoms with van der Waals surface area (Å²) in [6.07, 6.45) is 3.34. The summed E-state index contributed by atoms with van der Waals surface area (Å²) < 4.78 is 32.7. The summed E-state index contributed by atoms with van der Waals surface area (Å²) in [5.74, 6) is -0.114. The molecular formula is C19H20F2N6O. The average molecular weight is 386 g/mol. The molecule has 0 radical (unpaired) electrons. The fourth-order valence-electron chi connectivity index (χ4n) is 3.26. The van der Waals surface area contributed by atoms with Gasteiger partial charge in [-0.1, -0.05) is 11.2 Å². The van der Waals surface area contributed by atoms with Gasteiger partial charge in [-0.2, -0.15) is 4.98 Å². The molecule has 1 aromatic carbocycles. The van der Waals surface area contributed by atoms with Crippen molar-refractivity contribution < 1.29 is 13.3 Å². The van der Waals surface area contributed by atoms with Gasteiger partial charge in [-0.3, -0.25) is 10.4 Å². The highest BCUT2D eigenvalue weighted by Crippen LogP contribution is 2.27. The number of hydrogen-bond donors (Lipinski definition) is 3. The van der Waals surface area contributed by atoms with Gasteiger partial charge in [0.1, 0.15) is 11.6 Å². The number of halogens is 2. The fraction of sp³-hybridized carbons (Fsp3) is 0.316. The molecule has 28 heavy (non-hydrogen) atoms. The number of rotatable bonds is 6. The standard InChI is InChI=1S/C19H20F2N6O/c1-11(19-25-18(27-28-19)12-4-6-22-7-5-12)23-9-13-10-24-26-17(13)15-3-2-14(20)8-16(15)21/h2-8,11,13,17,23-24,26H,9-10H2,1H3. The van der Waals surface area contributed by atoms with Crippen LogP contribution in [-0.2, 0) is 0 Å². The van der Waals surface area contributed by atoms with Crippen molar-refractivity contribution >= 4 is 0 Å². The smallest absolute Gasteiger partial charge is 0.243 e. The van der Waals surface area contributed by atoms with E-state index in [1.54, 1.807) is 12.4 Å². The van der Waals surface area contributed by atoms with Crippen LogP contribution in [0.1, 0.15) is 30.5 Å². The molecule has 146 valence electrons. The SMILES string of the molecule is CC(NCC1CNNC1c1ccc(F)cc1F)c1nc(-c2ccncc2)no1. The third-order valence-electron chi connectivity index (χ3n) is 4.83. The molecule has 1 aliphatic heterocycles. The van der Waals surface area contributed by atoms with E-state index in [0.717, 1.165) is 11.6 Å². The van der Waals surface area contributed by atoms with E-state index in [2.05, 4.69) is 31.3 Å². The minimum Gasteiger partial charge on any atom is -0.337 e. The van der Waals surface area contributed by atoms with E-state index in [9.17, 15) is 8.78 Å². The highest BCUT2D eigenvalue weighted by Gasteiger charge is 2.31. The van der Waals surface area contributed by atoms with Crippen molar-refractivity contribution in [3.8, 4) is 11.4 Å². The van der Waals surface area contributed by atoms with E-state index < -0.39 is 11.6 Å². The van der Waals surface area contributed by atoms with Crippen LogP contribution in [0.25, 0.3) is 11.4 Å². The summed E-state index contributed by atoms with van der Waals surface area (Å²) in [5, 5.41) is 7.36. The minimum absolute atomic E-state index is 0.0602. The Labute approximate surface area is 160 Å². The molecule has 1 saturated heterocycles. The maximum atomic E-state index is 14.1. The first-order valence-electron chi connectivity index (χ1n) is 9.02. The second-order valence-corrected chi connectivity index (χ2v) is 6.75. The normalized spacial score (nSPS) is 20.4. The van der Waals surface area contributed by atoms with Crippen LogP contribution in [0.2, 0.25) is 0 Å². The van der Waals surface area contributed by atoms with Crippen molar-refractivity contribution in [1.29, 1.82) is 0 Å². The Morgan fingerprint density at radius 3 is 2.86 bits per heavy atom. The molecule has 0 amide bonds. The predicted octanol–water partition coefficient (Wildman–Crippen LogP) is 2.53. The van der Waals surface area contributed by atoms with Crippen LogP contribution in [0.3, 0.4) is 0 Å². The van der Waals surface area contributed by atoms with Gasteiger partial charge >= 0.3 is 0 Å². The molecular weight excluding hydrogens is 366 g/mol. The summed E-state index contributed by atoms with van der Waals surface area (Å²) in [5.41, 5.74) is 7.37. The average Bonchev–Trinajstić information content (AvgIpc) is 3.37. The van der Waals surface area contributed by atoms with Gasteiger partial charge in [0.2, 0.25) is 11.7 Å². The van der Waals surface area contributed by atoms with Crippen LogP contribution in [0.15, 0.2) is 47.2 Å². The first kappa shape index (κ1) is 18.6. The van der Waals surface area contributed by atoms with Gasteiger partial charge in [0.15, 0.2) is 0 Å². The van der Waals surface area contributed by atoms with Gasteiger partial charge in [0.05, 0.1) is 12.1 Å². The van der Waals surface area contributed by atoms with Crippen molar-refractivity contribution in [2.24, 2.45) is 5.92 Å². The van der Waals surface area contributed by atoms with E-state index in [1.165, 1.54) is 12.1 Å². The number of benzene rings is 1. The molecule has 1 fully saturated rings. The van der Waals surface area contributed by atoms with Crippen LogP contribution >= 0.6 is 0 Å². The number of aromatic nitrogens is 3. The largest absolute Gasteiger partial charge is 0.337 e. The summed E-state index contributed by atoms with van der Waals surface area (Å²) in [6, 6.07) is 6.82. The maximum Gasteiger partial charge on any atom is 0.243 e. The zero-order valence-electron chi connectivity index (χ0n) is 15.2. The first-order chi connectivity index (χ1) is 13.6. The molecule has 3 atom stereocenters. The lowest BCUT2D eigenvalue weighted by Crippen LogP contribution is -2.31. The predicted molar refractivity (Wildman–Crippen MR) is 97.7 cm³/mol. The van der Waals surface area contributed by atoms with Gasteiger partial charge < -0.3 is 9.84 Å². The molecule has 3 aromatic rings. The number of hydrogen-bond acceptors (Lipinski definition) is 7. The Hall–Kier alpha value is -2.75. The summed E-state index contributed by atoms with van der Waals surface area (Å²) in [7, 11) is 0. The van der Waals surface area contributed by atoms with E-state index in [-0.39, 0.29) is 18.0 Å². The molecule has 0 bridgehead atoms. The Morgan fingerprint density at radius 2 is 2.07 bits per heavy atom. The van der Waals surface area contributed by atoms with E-state index in [0.29, 0.717) is 30.4 Å². The molecule has 1 aliphatic rings. The van der Waals surface area contributed by atoms with Crippen molar-refractivity contribution in [1.82, 2.24) is 31.3 Å². The molecule has 0 saturated carbocycles. The van der Waals surface area contributed by atoms with Crippen LogP contribution in [0, 0.1) is 17.6 Å². The maximum absolute atomic E-state index is 14.1. The monoisotopic (exact) mass is 386 g/mol. The molecule has 3 heterocycles. The van der Waals surface area contributed by atoms with Gasteiger partial charge in [-0.25, -0.2) is 14.2 Å². The molecule has 0 spiro atoms. The quantitative estimate of drug-likeness (QED) is 0.600. The Kier molecular flexibility index (Phi) is 5.38. The lowest BCUT2D eigenvalue weighted by Gasteiger charge is -2.21. The van der Waals surface area contributed by atoms with Gasteiger partial charge in [-0.05, 0) is 25.1 Å². The second kappa shape index (κ2) is 8.09. The van der Waals surface area contributed by atoms with Crippen LogP contribution < -0.4 is 16.2 Å². The molecule has 7 nitrogen and oxygen atoms in total. The molecule has 9 heteroatoms. The molecule has 3 N–H and O–H groups in total. The summed E-state index contributed by atoms with van der Waals surface area (Å²) in [4.78, 5) is 8.40. The van der Waals surface area contributed by atoms with Crippen molar-refractivity contribution in [2.75, 3.05) is 13.1 Å². The molecule has 0 aliphatic carbocycles. The minimum atomic E-state index is -0.586. The molecule has 4 rings (SSSR count). The van der Waals surface area contributed by atoms with Crippen LogP contribution in [0.4, 0.5) is 8.78 Å². The van der Waals surface area contributed by atoms with Crippen LogP contribution in [-0.4, -0.2) is 28.2 Å². The molecule has 3 unspecified atom stereocenters. The van der Waals surface area contributed by atoms with Gasteiger partial charge in [0, 0.05) is 48.6 Å². The second-order valence-electron chi connectivity index (χ2n) is 6.75. The lowest BCUT2D eigenvalue weighted by molar-refractivity contribution is 0.324. The van der Waals surface area contributed by atoms with E-state index in [1.807, 2.05) is 19.1 Å². The number of nitrogens with one attached hydrogen (secondary N) is 3. The number of nitrogens with zero attached hydrogens (tertiary/aromatic N) is 3. The lowest BCUT2D eigenvalue weighted by atomic mass is 9.94. The van der Waals surface area contributed by atoms with Crippen molar-refractivity contribution in [3.05, 3.63) is 65.8 Å². The Balaban J connectivity index is 1.40. The highest BCUT2D eigenvalue weighted by atomic mass is 19.1. The van der Waals surface area contributed by atoms with Gasteiger partial charge in [-0.15, -0.1) is 0 Å². The summed E-state index contributed by atoms with van der Waals surface area (Å²) >= 11 is 0. The Morgan fingerprint density at radius 1 is 1.25 bits per heavy atom. The zero-order chi connectivity index (χ0) is 19.5. The zero-order valence-corrected chi connectivity index (χ0v) is 15.2. The van der Waals surface area contributed by atoms with Crippen LogP contribution in [0.5, 0.6) is 0 Å². The molecule has 2 aromatic heterocycles. The van der Waals surface area contributed by atoms with Gasteiger partial charge in [0.25, 0.3) is 0 Å². The topological polar surface area (TPSA) is 87.9 Å². The van der Waals surface area contributed by atoms with Crippen molar-refractivity contribution in [2.45, 2.75) is 19.0 Å². The van der Waals surface area contributed by atoms with E-state index >= 15 is 0 Å². The summed E-state index contributed by atoms with van der Waals surface area (Å²) in [6.45, 7) is 3.15. The van der Waals surface area contributed by atoms with E-state index in [4.69, 9.17) is 4.52 Å². The third kappa shape index (κ3) is 3.91. The Bertz CT molecular complexity index is 935. The first-order valence-corrected chi connectivity index (χ1v) is 9.02. The fourth-order valence-corrected chi connectivity index (χ4v) is 3.26. The highest BCUT2D eigenvalue weighted by molar-refractivity contribution is 5.52. The number of hydrazine groups is 1. The third-order valence-corrected chi connectivity index (χ3v) is 4.83. The number of pyridine rings is 1.